The summed E-state index contributed by atoms with van der Waals surface area (Å²) < 4.78 is 0. The molecule has 0 radical (unpaired) electrons. The summed E-state index contributed by atoms with van der Waals surface area (Å²) in [6.07, 6.45) is 6.53. The standard InChI is InChI=1S/C13H18O/c1-4-7-10-8-11(5-2)12(9-10)13(14)6-3/h5,7,10-12H,1-2,6,8-9H2,3H3. The molecule has 3 atom stereocenters. The molecule has 1 rings (SSSR count). The van der Waals surface area contributed by atoms with Gasteiger partial charge in [0.25, 0.3) is 0 Å². The Bertz CT molecular complexity index is 271. The molecule has 76 valence electrons. The van der Waals surface area contributed by atoms with Crippen molar-refractivity contribution < 1.29 is 4.79 Å². The average molecular weight is 190 g/mol. The van der Waals surface area contributed by atoms with Gasteiger partial charge in [-0.15, -0.1) is 12.3 Å². The summed E-state index contributed by atoms with van der Waals surface area (Å²) in [6, 6.07) is 0. The zero-order valence-corrected chi connectivity index (χ0v) is 8.83. The number of allylic oxidation sites excluding steroid dienone is 2. The largest absolute Gasteiger partial charge is 0.299 e. The first kappa shape index (κ1) is 11.0. The molecule has 0 N–H and O–H groups in total. The highest BCUT2D eigenvalue weighted by Crippen LogP contribution is 2.38. The van der Waals surface area contributed by atoms with Crippen molar-refractivity contribution in [3.8, 4) is 0 Å². The van der Waals surface area contributed by atoms with Crippen LogP contribution < -0.4 is 0 Å². The molecule has 3 unspecified atom stereocenters. The van der Waals surface area contributed by atoms with Gasteiger partial charge in [0.15, 0.2) is 0 Å². The maximum atomic E-state index is 11.6. The average Bonchev–Trinajstić information content (AvgIpc) is 2.60. The molecule has 0 aliphatic heterocycles. The van der Waals surface area contributed by atoms with Gasteiger partial charge in [-0.2, -0.15) is 0 Å². The Balaban J connectivity index is 2.71. The van der Waals surface area contributed by atoms with E-state index in [1.54, 1.807) is 0 Å². The summed E-state index contributed by atoms with van der Waals surface area (Å²) in [5.41, 5.74) is 2.81. The molecule has 1 saturated carbocycles. The van der Waals surface area contributed by atoms with E-state index >= 15 is 0 Å². The van der Waals surface area contributed by atoms with E-state index in [4.69, 9.17) is 0 Å². The zero-order chi connectivity index (χ0) is 10.6. The van der Waals surface area contributed by atoms with E-state index in [1.807, 2.05) is 19.1 Å². The molecule has 1 nitrogen and oxygen atoms in total. The molecule has 0 amide bonds. The molecule has 0 spiro atoms. The summed E-state index contributed by atoms with van der Waals surface area (Å²) in [6.45, 7) is 9.31. The van der Waals surface area contributed by atoms with Gasteiger partial charge in [0, 0.05) is 12.3 Å². The molecule has 0 aromatic heterocycles. The molecule has 0 aromatic rings. The fraction of sp³-hybridized carbons (Fsp3) is 0.538. The number of ketones is 1. The Morgan fingerprint density at radius 1 is 1.57 bits per heavy atom. The highest BCUT2D eigenvalue weighted by molar-refractivity contribution is 5.81. The van der Waals surface area contributed by atoms with Gasteiger partial charge >= 0.3 is 0 Å². The number of hydrogen-bond acceptors (Lipinski definition) is 1. The van der Waals surface area contributed by atoms with Gasteiger partial charge in [0.1, 0.15) is 5.78 Å². The molecule has 1 aliphatic rings. The van der Waals surface area contributed by atoms with Crippen molar-refractivity contribution in [2.75, 3.05) is 0 Å². The van der Waals surface area contributed by atoms with Crippen molar-refractivity contribution in [1.82, 2.24) is 0 Å². The van der Waals surface area contributed by atoms with Crippen LogP contribution in [0, 0.1) is 17.8 Å². The van der Waals surface area contributed by atoms with Crippen LogP contribution in [0.5, 0.6) is 0 Å². The number of carbonyl (C=O) groups excluding carboxylic acids is 1. The van der Waals surface area contributed by atoms with Gasteiger partial charge in [-0.25, -0.2) is 0 Å². The molecular weight excluding hydrogens is 172 g/mol. The van der Waals surface area contributed by atoms with Crippen LogP contribution in [0.4, 0.5) is 0 Å². The SMILES string of the molecule is C=C=CC1CC(C=C)C(C(=O)CC)C1. The molecule has 1 fully saturated rings. The number of Topliss-reactive ketones (excluding diaryl/α,β-unsaturated/α-hetero) is 1. The quantitative estimate of drug-likeness (QED) is 0.491. The Morgan fingerprint density at radius 2 is 2.29 bits per heavy atom. The first-order chi connectivity index (χ1) is 6.72. The molecule has 0 saturated heterocycles. The maximum absolute atomic E-state index is 11.6. The molecule has 0 bridgehead atoms. The summed E-state index contributed by atoms with van der Waals surface area (Å²) >= 11 is 0. The minimum Gasteiger partial charge on any atom is -0.299 e. The van der Waals surface area contributed by atoms with Gasteiger partial charge in [0.2, 0.25) is 0 Å². The summed E-state index contributed by atoms with van der Waals surface area (Å²) in [7, 11) is 0. The Morgan fingerprint density at radius 3 is 2.79 bits per heavy atom. The van der Waals surface area contributed by atoms with E-state index in [0.29, 0.717) is 24.0 Å². The zero-order valence-electron chi connectivity index (χ0n) is 8.83. The van der Waals surface area contributed by atoms with Crippen molar-refractivity contribution in [1.29, 1.82) is 0 Å². The van der Waals surface area contributed by atoms with Crippen LogP contribution in [0.25, 0.3) is 0 Å². The highest BCUT2D eigenvalue weighted by atomic mass is 16.1. The molecule has 0 heterocycles. The van der Waals surface area contributed by atoms with Crippen molar-refractivity contribution >= 4 is 5.78 Å². The van der Waals surface area contributed by atoms with E-state index in [9.17, 15) is 4.79 Å². The lowest BCUT2D eigenvalue weighted by Gasteiger charge is -2.12. The van der Waals surface area contributed by atoms with E-state index in [1.165, 1.54) is 0 Å². The van der Waals surface area contributed by atoms with Gasteiger partial charge in [-0.05, 0) is 30.8 Å². The number of hydrogen-bond donors (Lipinski definition) is 0. The van der Waals surface area contributed by atoms with Crippen LogP contribution >= 0.6 is 0 Å². The third-order valence-corrected chi connectivity index (χ3v) is 3.07. The first-order valence-corrected chi connectivity index (χ1v) is 5.24. The van der Waals surface area contributed by atoms with Gasteiger partial charge in [-0.1, -0.05) is 19.6 Å². The third kappa shape index (κ3) is 2.24. The lowest BCUT2D eigenvalue weighted by Crippen LogP contribution is -2.16. The van der Waals surface area contributed by atoms with E-state index in [2.05, 4.69) is 18.9 Å². The lowest BCUT2D eigenvalue weighted by molar-refractivity contribution is -0.123. The molecular formula is C13H18O. The van der Waals surface area contributed by atoms with Gasteiger partial charge in [-0.3, -0.25) is 4.79 Å². The topological polar surface area (TPSA) is 17.1 Å². The predicted molar refractivity (Wildman–Crippen MR) is 58.9 cm³/mol. The second-order valence-corrected chi connectivity index (χ2v) is 3.93. The van der Waals surface area contributed by atoms with Crippen molar-refractivity contribution in [3.05, 3.63) is 31.0 Å². The minimum absolute atomic E-state index is 0.187. The normalized spacial score (nSPS) is 30.8. The number of carbonyl (C=O) groups is 1. The summed E-state index contributed by atoms with van der Waals surface area (Å²) in [5, 5.41) is 0. The van der Waals surface area contributed by atoms with Crippen molar-refractivity contribution in [2.24, 2.45) is 17.8 Å². The molecule has 1 heteroatoms. The Labute approximate surface area is 86.2 Å². The fourth-order valence-corrected chi connectivity index (χ4v) is 2.31. The lowest BCUT2D eigenvalue weighted by atomic mass is 9.91. The summed E-state index contributed by atoms with van der Waals surface area (Å²) in [5.74, 6) is 1.38. The first-order valence-electron chi connectivity index (χ1n) is 5.24. The maximum Gasteiger partial charge on any atom is 0.136 e. The van der Waals surface area contributed by atoms with Crippen LogP contribution in [0.3, 0.4) is 0 Å². The minimum atomic E-state index is 0.187. The van der Waals surface area contributed by atoms with E-state index in [0.717, 1.165) is 12.8 Å². The van der Waals surface area contributed by atoms with Gasteiger partial charge < -0.3 is 0 Å². The molecule has 0 aromatic carbocycles. The van der Waals surface area contributed by atoms with Crippen LogP contribution in [-0.4, -0.2) is 5.78 Å². The smallest absolute Gasteiger partial charge is 0.136 e. The Hall–Kier alpha value is -1.07. The molecule has 14 heavy (non-hydrogen) atoms. The van der Waals surface area contributed by atoms with E-state index in [-0.39, 0.29) is 5.92 Å². The number of rotatable bonds is 4. The van der Waals surface area contributed by atoms with Crippen LogP contribution in [0.15, 0.2) is 31.0 Å². The van der Waals surface area contributed by atoms with Crippen molar-refractivity contribution in [3.63, 3.8) is 0 Å². The van der Waals surface area contributed by atoms with Crippen LogP contribution in [-0.2, 0) is 4.79 Å². The van der Waals surface area contributed by atoms with Crippen LogP contribution in [0.2, 0.25) is 0 Å². The van der Waals surface area contributed by atoms with Crippen molar-refractivity contribution in [2.45, 2.75) is 26.2 Å². The predicted octanol–water partition coefficient (Wildman–Crippen LogP) is 3.14. The monoisotopic (exact) mass is 190 g/mol. The second-order valence-electron chi connectivity index (χ2n) is 3.93. The van der Waals surface area contributed by atoms with E-state index < -0.39 is 0 Å². The highest BCUT2D eigenvalue weighted by Gasteiger charge is 2.34. The fourth-order valence-electron chi connectivity index (χ4n) is 2.31. The van der Waals surface area contributed by atoms with Gasteiger partial charge in [0.05, 0.1) is 0 Å². The summed E-state index contributed by atoms with van der Waals surface area (Å²) in [4.78, 5) is 11.6. The second kappa shape index (κ2) is 4.97. The van der Waals surface area contributed by atoms with Crippen LogP contribution in [0.1, 0.15) is 26.2 Å². The Kier molecular flexibility index (Phi) is 3.91. The third-order valence-electron chi connectivity index (χ3n) is 3.07. The molecule has 1 aliphatic carbocycles.